The van der Waals surface area contributed by atoms with Crippen molar-refractivity contribution in [2.24, 2.45) is 10.8 Å². The summed E-state index contributed by atoms with van der Waals surface area (Å²) >= 11 is 0. The Labute approximate surface area is 142 Å². The van der Waals surface area contributed by atoms with Crippen LogP contribution in [-0.2, 0) is 0 Å². The number of carbonyl (C=O) groups is 2. The maximum absolute atomic E-state index is 13.1. The van der Waals surface area contributed by atoms with Crippen molar-refractivity contribution >= 4 is 23.5 Å². The first-order valence-electron chi connectivity index (χ1n) is 7.47. The van der Waals surface area contributed by atoms with E-state index >= 15 is 0 Å². The van der Waals surface area contributed by atoms with E-state index in [1.807, 2.05) is 12.1 Å². The van der Waals surface area contributed by atoms with Crippen LogP contribution < -0.4 is 11.2 Å². The van der Waals surface area contributed by atoms with Gasteiger partial charge in [-0.2, -0.15) is 5.10 Å². The smallest absolute Gasteiger partial charge is 0.332 e. The Kier molecular flexibility index (Phi) is 4.30. The first kappa shape index (κ1) is 16.4. The number of amides is 2. The summed E-state index contributed by atoms with van der Waals surface area (Å²) in [5, 5.41) is 3.79. The number of hydrazone groups is 1. The van der Waals surface area contributed by atoms with Gasteiger partial charge in [0.2, 0.25) is 5.78 Å². The number of rotatable bonds is 4. The highest BCUT2D eigenvalue weighted by Gasteiger charge is 2.20. The molecule has 0 aliphatic carbocycles. The van der Waals surface area contributed by atoms with Crippen molar-refractivity contribution in [3.63, 3.8) is 0 Å². The van der Waals surface area contributed by atoms with Gasteiger partial charge < -0.3 is 10.1 Å². The average molecular weight is 338 g/mol. The second-order valence-corrected chi connectivity index (χ2v) is 5.41. The molecule has 0 fully saturated rings. The summed E-state index contributed by atoms with van der Waals surface area (Å²) in [7, 11) is 0. The van der Waals surface area contributed by atoms with Gasteiger partial charge in [0.15, 0.2) is 0 Å². The summed E-state index contributed by atoms with van der Waals surface area (Å²) < 4.78 is 14.9. The van der Waals surface area contributed by atoms with E-state index in [1.165, 1.54) is 30.5 Å². The molecule has 0 unspecified atom stereocenters. The van der Waals surface area contributed by atoms with Crippen LogP contribution in [-0.4, -0.2) is 22.4 Å². The van der Waals surface area contributed by atoms with Crippen molar-refractivity contribution in [3.8, 4) is 0 Å². The summed E-state index contributed by atoms with van der Waals surface area (Å²) in [5.41, 5.74) is 10.1. The number of fused-ring (bicyclic) bond motifs is 1. The molecule has 2 amide bonds. The molecule has 7 heteroatoms. The van der Waals surface area contributed by atoms with E-state index in [-0.39, 0.29) is 5.78 Å². The summed E-state index contributed by atoms with van der Waals surface area (Å²) in [6.07, 6.45) is 3.20. The van der Waals surface area contributed by atoms with Crippen LogP contribution in [0.3, 0.4) is 0 Å². The Morgan fingerprint density at radius 2 is 1.92 bits per heavy atom. The fourth-order valence-corrected chi connectivity index (χ4v) is 2.70. The molecule has 0 atom stereocenters. The molecule has 25 heavy (non-hydrogen) atoms. The van der Waals surface area contributed by atoms with Crippen molar-refractivity contribution in [2.45, 2.75) is 6.92 Å². The summed E-state index contributed by atoms with van der Waals surface area (Å²) in [6.45, 7) is 1.79. The first-order chi connectivity index (χ1) is 12.0. The predicted octanol–water partition coefficient (Wildman–Crippen LogP) is 2.62. The van der Waals surface area contributed by atoms with Gasteiger partial charge in [0.1, 0.15) is 5.82 Å². The molecule has 0 radical (unpaired) electrons. The Bertz CT molecular complexity index is 990. The monoisotopic (exact) mass is 338 g/mol. The molecule has 126 valence electrons. The second-order valence-electron chi connectivity index (χ2n) is 5.41. The number of halogens is 1. The number of nitrogens with two attached hydrogens (primary N) is 1. The molecule has 1 aromatic carbocycles. The van der Waals surface area contributed by atoms with Crippen LogP contribution in [0, 0.1) is 12.7 Å². The molecule has 0 spiro atoms. The molecular formula is C18H15FN4O2. The van der Waals surface area contributed by atoms with Gasteiger partial charge in [0, 0.05) is 17.3 Å². The maximum Gasteiger partial charge on any atom is 0.332 e. The number of hydrogen-bond donors (Lipinski definition) is 2. The number of nitrogens with zero attached hydrogens (tertiary/aromatic N) is 2. The van der Waals surface area contributed by atoms with Crippen molar-refractivity contribution in [2.75, 3.05) is 0 Å². The van der Waals surface area contributed by atoms with Gasteiger partial charge in [0.05, 0.1) is 17.4 Å². The molecule has 3 N–H and O–H groups in total. The van der Waals surface area contributed by atoms with Crippen molar-refractivity contribution in [1.82, 2.24) is 9.83 Å². The minimum absolute atomic E-state index is 0.235. The van der Waals surface area contributed by atoms with E-state index in [0.717, 1.165) is 5.52 Å². The van der Waals surface area contributed by atoms with E-state index in [9.17, 15) is 14.0 Å². The predicted molar refractivity (Wildman–Crippen MR) is 92.3 cm³/mol. The van der Waals surface area contributed by atoms with Gasteiger partial charge in [-0.3, -0.25) is 4.79 Å². The van der Waals surface area contributed by atoms with E-state index in [2.05, 4.69) is 10.5 Å². The quantitative estimate of drug-likeness (QED) is 0.435. The standard InChI is InChI=1S/C18H15FN4O2/c1-11-14(10-21-22-18(20)25)15-4-2-3-9-23(15)16(11)17(24)12-5-7-13(19)8-6-12/h2-10H,1H3,(H3,20,22,25)/b21-10+. The minimum Gasteiger partial charge on any atom is -0.350 e. The van der Waals surface area contributed by atoms with E-state index in [1.54, 1.807) is 23.6 Å². The Morgan fingerprint density at radius 1 is 1.20 bits per heavy atom. The van der Waals surface area contributed by atoms with Crippen LogP contribution >= 0.6 is 0 Å². The SMILES string of the molecule is Cc1c(/C=N/NC(N)=O)c2ccccn2c1C(=O)c1ccc(F)cc1. The van der Waals surface area contributed by atoms with Crippen LogP contribution in [0.1, 0.15) is 27.2 Å². The third kappa shape index (κ3) is 3.12. The van der Waals surface area contributed by atoms with Crippen LogP contribution in [0.15, 0.2) is 53.8 Å². The molecule has 0 saturated carbocycles. The van der Waals surface area contributed by atoms with Gasteiger partial charge in [-0.15, -0.1) is 0 Å². The molecule has 0 saturated heterocycles. The Morgan fingerprint density at radius 3 is 2.60 bits per heavy atom. The summed E-state index contributed by atoms with van der Waals surface area (Å²) in [6, 6.07) is 10.1. The van der Waals surface area contributed by atoms with Gasteiger partial charge in [-0.05, 0) is 48.9 Å². The van der Waals surface area contributed by atoms with Crippen LogP contribution in [0.2, 0.25) is 0 Å². The lowest BCUT2D eigenvalue weighted by molar-refractivity contribution is 0.103. The maximum atomic E-state index is 13.1. The summed E-state index contributed by atoms with van der Waals surface area (Å²) in [4.78, 5) is 23.7. The zero-order valence-corrected chi connectivity index (χ0v) is 13.4. The highest BCUT2D eigenvalue weighted by Crippen LogP contribution is 2.24. The van der Waals surface area contributed by atoms with E-state index in [0.29, 0.717) is 22.4 Å². The van der Waals surface area contributed by atoms with Crippen LogP contribution in [0.4, 0.5) is 9.18 Å². The minimum atomic E-state index is -0.778. The average Bonchev–Trinajstić information content (AvgIpc) is 2.87. The fraction of sp³-hybridized carbons (Fsp3) is 0.0556. The highest BCUT2D eigenvalue weighted by atomic mass is 19.1. The van der Waals surface area contributed by atoms with Gasteiger partial charge in [0.25, 0.3) is 0 Å². The lowest BCUT2D eigenvalue weighted by Crippen LogP contribution is -2.24. The third-order valence-corrected chi connectivity index (χ3v) is 3.83. The number of hydrogen-bond acceptors (Lipinski definition) is 3. The van der Waals surface area contributed by atoms with Crippen molar-refractivity contribution in [1.29, 1.82) is 0 Å². The fourth-order valence-electron chi connectivity index (χ4n) is 2.70. The Hall–Kier alpha value is -3.48. The molecule has 0 aliphatic heterocycles. The third-order valence-electron chi connectivity index (χ3n) is 3.83. The number of primary amides is 1. The molecule has 2 aromatic heterocycles. The largest absolute Gasteiger partial charge is 0.350 e. The lowest BCUT2D eigenvalue weighted by Gasteiger charge is -2.04. The number of benzene rings is 1. The molecule has 2 heterocycles. The number of ketones is 1. The number of nitrogens with one attached hydrogen (secondary N) is 1. The number of carbonyl (C=O) groups excluding carboxylic acids is 2. The summed E-state index contributed by atoms with van der Waals surface area (Å²) in [5.74, 6) is -0.639. The van der Waals surface area contributed by atoms with Gasteiger partial charge in [-0.25, -0.2) is 14.6 Å². The molecular weight excluding hydrogens is 323 g/mol. The number of aromatic nitrogens is 1. The van der Waals surface area contributed by atoms with Crippen LogP contribution in [0.25, 0.3) is 5.52 Å². The van der Waals surface area contributed by atoms with Gasteiger partial charge in [-0.1, -0.05) is 6.07 Å². The Balaban J connectivity index is 2.13. The molecule has 0 bridgehead atoms. The van der Waals surface area contributed by atoms with Gasteiger partial charge >= 0.3 is 6.03 Å². The van der Waals surface area contributed by atoms with E-state index in [4.69, 9.17) is 5.73 Å². The number of urea groups is 1. The van der Waals surface area contributed by atoms with E-state index < -0.39 is 11.8 Å². The zero-order chi connectivity index (χ0) is 18.0. The lowest BCUT2D eigenvalue weighted by atomic mass is 10.0. The zero-order valence-electron chi connectivity index (χ0n) is 13.4. The normalized spacial score (nSPS) is 11.1. The number of pyridine rings is 1. The van der Waals surface area contributed by atoms with Crippen LogP contribution in [0.5, 0.6) is 0 Å². The molecule has 6 nitrogen and oxygen atoms in total. The highest BCUT2D eigenvalue weighted by molar-refractivity contribution is 6.11. The second kappa shape index (κ2) is 6.56. The first-order valence-corrected chi connectivity index (χ1v) is 7.47. The van der Waals surface area contributed by atoms with Crippen molar-refractivity contribution in [3.05, 3.63) is 76.9 Å². The topological polar surface area (TPSA) is 89.0 Å². The molecule has 0 aliphatic rings. The molecule has 3 rings (SSSR count). The van der Waals surface area contributed by atoms with Crippen molar-refractivity contribution < 1.29 is 14.0 Å². The molecule has 3 aromatic rings.